The monoisotopic (exact) mass is 307 g/mol. The number of pyridine rings is 1. The number of aromatic hydroxyl groups is 1. The summed E-state index contributed by atoms with van der Waals surface area (Å²) in [7, 11) is 0. The molecule has 3 nitrogen and oxygen atoms in total. The predicted molar refractivity (Wildman–Crippen MR) is 74.3 cm³/mol. The molecule has 0 amide bonds. The average molecular weight is 307 g/mol. The van der Waals surface area contributed by atoms with Crippen LogP contribution in [0.15, 0.2) is 36.7 Å². The van der Waals surface area contributed by atoms with Crippen LogP contribution in [0.25, 0.3) is 0 Å². The lowest BCUT2D eigenvalue weighted by Crippen LogP contribution is -2.09. The second kappa shape index (κ2) is 5.98. The summed E-state index contributed by atoms with van der Waals surface area (Å²) in [6.07, 6.45) is 2.65. The van der Waals surface area contributed by atoms with Crippen LogP contribution in [0.3, 0.4) is 0 Å². The minimum absolute atomic E-state index is 0.0298. The molecule has 114 valence electrons. The van der Waals surface area contributed by atoms with E-state index in [2.05, 4.69) is 4.98 Å². The predicted octanol–water partition coefficient (Wildman–Crippen LogP) is 3.93. The largest absolute Gasteiger partial charge is 0.506 e. The van der Waals surface area contributed by atoms with Crippen LogP contribution in [0, 0.1) is 12.3 Å². The van der Waals surface area contributed by atoms with Gasteiger partial charge in [-0.3, -0.25) is 4.98 Å². The zero-order valence-corrected chi connectivity index (χ0v) is 11.6. The maximum atomic E-state index is 12.9. The number of alkyl halides is 3. The van der Waals surface area contributed by atoms with Gasteiger partial charge in [-0.05, 0) is 31.2 Å². The maximum absolute atomic E-state index is 12.9. The number of hydrogen-bond donors (Lipinski definition) is 1. The van der Waals surface area contributed by atoms with Crippen molar-refractivity contribution in [2.45, 2.75) is 19.2 Å². The average Bonchev–Trinajstić information content (AvgIpc) is 2.46. The van der Waals surface area contributed by atoms with Gasteiger partial charge in [-0.15, -0.1) is 6.42 Å². The van der Waals surface area contributed by atoms with E-state index in [9.17, 15) is 18.3 Å². The summed E-state index contributed by atoms with van der Waals surface area (Å²) in [5.74, 6) is 1.98. The van der Waals surface area contributed by atoms with Gasteiger partial charge in [-0.1, -0.05) is 5.92 Å². The Hall–Kier alpha value is -2.68. The van der Waals surface area contributed by atoms with Gasteiger partial charge in [0.15, 0.2) is 0 Å². The Morgan fingerprint density at radius 2 is 2.00 bits per heavy atom. The lowest BCUT2D eigenvalue weighted by molar-refractivity contribution is -0.137. The van der Waals surface area contributed by atoms with Gasteiger partial charge in [0.05, 0.1) is 11.8 Å². The van der Waals surface area contributed by atoms with E-state index in [-0.39, 0.29) is 17.1 Å². The van der Waals surface area contributed by atoms with Crippen LogP contribution in [-0.2, 0) is 6.18 Å². The van der Waals surface area contributed by atoms with Crippen LogP contribution >= 0.6 is 0 Å². The molecule has 1 atom stereocenters. The number of nitrogens with zero attached hydrogens (tertiary/aromatic N) is 1. The Balaban J connectivity index is 2.29. The molecule has 2 aromatic rings. The minimum atomic E-state index is -4.56. The van der Waals surface area contributed by atoms with E-state index >= 15 is 0 Å². The smallest absolute Gasteiger partial charge is 0.417 e. The number of halogens is 3. The topological polar surface area (TPSA) is 42.4 Å². The van der Waals surface area contributed by atoms with E-state index in [1.54, 1.807) is 6.92 Å². The van der Waals surface area contributed by atoms with Gasteiger partial charge >= 0.3 is 6.18 Å². The molecule has 0 radical (unpaired) electrons. The van der Waals surface area contributed by atoms with Gasteiger partial charge < -0.3 is 9.84 Å². The third-order valence-corrected chi connectivity index (χ3v) is 2.98. The molecule has 1 unspecified atom stereocenters. The Bertz CT molecular complexity index is 720. The summed E-state index contributed by atoms with van der Waals surface area (Å²) >= 11 is 0. The van der Waals surface area contributed by atoms with E-state index in [1.165, 1.54) is 30.6 Å². The van der Waals surface area contributed by atoms with Crippen LogP contribution in [0.2, 0.25) is 0 Å². The highest BCUT2D eigenvalue weighted by Gasteiger charge is 2.33. The maximum Gasteiger partial charge on any atom is 0.417 e. The van der Waals surface area contributed by atoms with Crippen molar-refractivity contribution < 1.29 is 23.0 Å². The Kier molecular flexibility index (Phi) is 4.27. The highest BCUT2D eigenvalue weighted by molar-refractivity contribution is 5.46. The van der Waals surface area contributed by atoms with Crippen LogP contribution < -0.4 is 4.74 Å². The van der Waals surface area contributed by atoms with Crippen molar-refractivity contribution >= 4 is 0 Å². The second-order valence-corrected chi connectivity index (χ2v) is 4.59. The highest BCUT2D eigenvalue weighted by Crippen LogP contribution is 2.35. The fourth-order valence-corrected chi connectivity index (χ4v) is 1.90. The van der Waals surface area contributed by atoms with E-state index in [0.29, 0.717) is 5.56 Å². The lowest BCUT2D eigenvalue weighted by Gasteiger charge is -2.17. The fourth-order valence-electron chi connectivity index (χ4n) is 1.90. The molecule has 22 heavy (non-hydrogen) atoms. The molecule has 0 fully saturated rings. The number of hydrogen-bond acceptors (Lipinski definition) is 3. The van der Waals surface area contributed by atoms with Crippen molar-refractivity contribution in [2.75, 3.05) is 0 Å². The normalized spacial score (nSPS) is 12.5. The SMILES string of the molecule is C#Cc1ccc(OC(C)c2cncc(O)c2)cc1C(F)(F)F. The van der Waals surface area contributed by atoms with Crippen molar-refractivity contribution in [3.8, 4) is 23.8 Å². The summed E-state index contributed by atoms with van der Waals surface area (Å²) < 4.78 is 44.3. The Morgan fingerprint density at radius 3 is 2.59 bits per heavy atom. The Labute approximate surface area is 125 Å². The van der Waals surface area contributed by atoms with Crippen LogP contribution in [0.1, 0.15) is 29.7 Å². The standard InChI is InChI=1S/C16H12F3NO2/c1-3-11-4-5-14(7-15(11)16(17,18)19)22-10(2)12-6-13(21)9-20-8-12/h1,4-10,21H,2H3. The quantitative estimate of drug-likeness (QED) is 0.874. The molecule has 1 N–H and O–H groups in total. The van der Waals surface area contributed by atoms with Crippen molar-refractivity contribution in [3.05, 3.63) is 53.3 Å². The van der Waals surface area contributed by atoms with Crippen LogP contribution in [-0.4, -0.2) is 10.1 Å². The fraction of sp³-hybridized carbons (Fsp3) is 0.188. The van der Waals surface area contributed by atoms with Crippen molar-refractivity contribution in [1.82, 2.24) is 4.98 Å². The molecule has 6 heteroatoms. The molecule has 0 aliphatic carbocycles. The van der Waals surface area contributed by atoms with Crippen molar-refractivity contribution in [1.29, 1.82) is 0 Å². The highest BCUT2D eigenvalue weighted by atomic mass is 19.4. The summed E-state index contributed by atoms with van der Waals surface area (Å²) in [6, 6.07) is 4.85. The first kappa shape index (κ1) is 15.7. The zero-order chi connectivity index (χ0) is 16.3. The number of terminal acetylenes is 1. The summed E-state index contributed by atoms with van der Waals surface area (Å²) in [5, 5.41) is 9.36. The van der Waals surface area contributed by atoms with E-state index in [1.807, 2.05) is 5.92 Å². The van der Waals surface area contributed by atoms with Gasteiger partial charge in [0.2, 0.25) is 0 Å². The molecular weight excluding hydrogens is 295 g/mol. The van der Waals surface area contributed by atoms with E-state index < -0.39 is 17.8 Å². The number of aromatic nitrogens is 1. The van der Waals surface area contributed by atoms with E-state index in [0.717, 1.165) is 6.07 Å². The van der Waals surface area contributed by atoms with Crippen LogP contribution in [0.4, 0.5) is 13.2 Å². The Morgan fingerprint density at radius 1 is 1.27 bits per heavy atom. The van der Waals surface area contributed by atoms with Gasteiger partial charge in [0.25, 0.3) is 0 Å². The van der Waals surface area contributed by atoms with Gasteiger partial charge in [0.1, 0.15) is 17.6 Å². The summed E-state index contributed by atoms with van der Waals surface area (Å²) in [6.45, 7) is 1.64. The summed E-state index contributed by atoms with van der Waals surface area (Å²) in [5.41, 5.74) is -0.630. The molecule has 1 aromatic heterocycles. The molecule has 0 bridgehead atoms. The summed E-state index contributed by atoms with van der Waals surface area (Å²) in [4.78, 5) is 3.79. The number of ether oxygens (including phenoxy) is 1. The first-order chi connectivity index (χ1) is 10.3. The molecular formula is C16H12F3NO2. The molecule has 0 spiro atoms. The van der Waals surface area contributed by atoms with Gasteiger partial charge in [-0.25, -0.2) is 0 Å². The number of rotatable bonds is 3. The first-order valence-electron chi connectivity index (χ1n) is 6.29. The van der Waals surface area contributed by atoms with Gasteiger partial charge in [-0.2, -0.15) is 13.2 Å². The third-order valence-electron chi connectivity index (χ3n) is 2.98. The molecule has 0 saturated heterocycles. The molecule has 0 aliphatic rings. The number of benzene rings is 1. The zero-order valence-electron chi connectivity index (χ0n) is 11.6. The molecule has 1 heterocycles. The van der Waals surface area contributed by atoms with Gasteiger partial charge in [0, 0.05) is 17.3 Å². The first-order valence-corrected chi connectivity index (χ1v) is 6.29. The van der Waals surface area contributed by atoms with Crippen molar-refractivity contribution in [2.24, 2.45) is 0 Å². The molecule has 0 saturated carbocycles. The molecule has 1 aromatic carbocycles. The van der Waals surface area contributed by atoms with E-state index in [4.69, 9.17) is 11.2 Å². The third kappa shape index (κ3) is 3.50. The molecule has 0 aliphatic heterocycles. The lowest BCUT2D eigenvalue weighted by atomic mass is 10.1. The second-order valence-electron chi connectivity index (χ2n) is 4.59. The van der Waals surface area contributed by atoms with Crippen LogP contribution in [0.5, 0.6) is 11.5 Å². The minimum Gasteiger partial charge on any atom is -0.506 e. The molecule has 2 rings (SSSR count). The van der Waals surface area contributed by atoms with Crippen molar-refractivity contribution in [3.63, 3.8) is 0 Å².